The highest BCUT2D eigenvalue weighted by Crippen LogP contribution is 2.16. The lowest BCUT2D eigenvalue weighted by atomic mass is 10.1. The third kappa shape index (κ3) is 5.84. The van der Waals surface area contributed by atoms with Crippen molar-refractivity contribution in [2.45, 2.75) is 33.1 Å². The van der Waals surface area contributed by atoms with Crippen molar-refractivity contribution in [3.8, 4) is 5.75 Å². The van der Waals surface area contributed by atoms with Gasteiger partial charge in [0.25, 0.3) is 5.91 Å². The molecule has 1 amide bonds. The molecule has 0 radical (unpaired) electrons. The number of alkyl halides is 2. The number of halogens is 2. The van der Waals surface area contributed by atoms with Crippen LogP contribution in [0.5, 0.6) is 5.75 Å². The minimum atomic E-state index is -2.94. The fourth-order valence-electron chi connectivity index (χ4n) is 2.09. The highest BCUT2D eigenvalue weighted by atomic mass is 19.3. The van der Waals surface area contributed by atoms with Gasteiger partial charge in [0.05, 0.1) is 5.56 Å². The number of nitrogens with one attached hydrogen (secondary N) is 1. The Morgan fingerprint density at radius 1 is 1.04 bits per heavy atom. The van der Waals surface area contributed by atoms with E-state index < -0.39 is 24.6 Å². The van der Waals surface area contributed by atoms with E-state index in [1.54, 1.807) is 0 Å². The largest absolute Gasteiger partial charge is 0.449 e. The molecule has 0 aliphatic carbocycles. The number of esters is 1. The van der Waals surface area contributed by atoms with Crippen molar-refractivity contribution in [1.29, 1.82) is 0 Å². The monoisotopic (exact) mass is 363 g/mol. The molecule has 1 atom stereocenters. The zero-order valence-corrected chi connectivity index (χ0v) is 14.4. The van der Waals surface area contributed by atoms with Gasteiger partial charge in [-0.05, 0) is 43.7 Å². The molecule has 0 heterocycles. The van der Waals surface area contributed by atoms with Gasteiger partial charge in [-0.2, -0.15) is 8.78 Å². The van der Waals surface area contributed by atoms with Crippen molar-refractivity contribution >= 4 is 11.9 Å². The van der Waals surface area contributed by atoms with E-state index >= 15 is 0 Å². The van der Waals surface area contributed by atoms with Crippen LogP contribution in [-0.4, -0.2) is 24.6 Å². The Hall–Kier alpha value is -2.96. The third-order valence-corrected chi connectivity index (χ3v) is 3.56. The van der Waals surface area contributed by atoms with Gasteiger partial charge in [-0.15, -0.1) is 0 Å². The van der Waals surface area contributed by atoms with Gasteiger partial charge < -0.3 is 14.8 Å². The van der Waals surface area contributed by atoms with Crippen LogP contribution in [0.4, 0.5) is 8.78 Å². The maximum atomic E-state index is 12.1. The van der Waals surface area contributed by atoms with Crippen molar-refractivity contribution in [3.63, 3.8) is 0 Å². The Labute approximate surface area is 149 Å². The standard InChI is InChI=1S/C19H19F2NO4/c1-12-3-5-14(6-4-12)11-22-17(23)13(2)25-18(24)15-7-9-16(10-8-15)26-19(20)21/h3-10,13,19H,11H2,1-2H3,(H,22,23)/t13-/m1/s1. The molecule has 0 saturated carbocycles. The van der Waals surface area contributed by atoms with Crippen LogP contribution < -0.4 is 10.1 Å². The lowest BCUT2D eigenvalue weighted by Gasteiger charge is -2.14. The predicted molar refractivity (Wildman–Crippen MR) is 91.0 cm³/mol. The Kier molecular flexibility index (Phi) is 6.66. The summed E-state index contributed by atoms with van der Waals surface area (Å²) in [7, 11) is 0. The van der Waals surface area contributed by atoms with Gasteiger partial charge in [0.15, 0.2) is 6.10 Å². The van der Waals surface area contributed by atoms with Crippen LogP contribution in [0.3, 0.4) is 0 Å². The third-order valence-electron chi connectivity index (χ3n) is 3.56. The number of carbonyl (C=O) groups is 2. The highest BCUT2D eigenvalue weighted by Gasteiger charge is 2.19. The van der Waals surface area contributed by atoms with E-state index in [1.807, 2.05) is 31.2 Å². The van der Waals surface area contributed by atoms with Gasteiger partial charge in [-0.25, -0.2) is 4.79 Å². The number of rotatable bonds is 7. The summed E-state index contributed by atoms with van der Waals surface area (Å²) in [6, 6.07) is 12.7. The molecule has 2 aromatic carbocycles. The lowest BCUT2D eigenvalue weighted by Crippen LogP contribution is -2.35. The maximum absolute atomic E-state index is 12.1. The molecule has 2 aromatic rings. The predicted octanol–water partition coefficient (Wildman–Crippen LogP) is 3.46. The normalized spacial score (nSPS) is 11.7. The zero-order chi connectivity index (χ0) is 19.1. The first kappa shape index (κ1) is 19.4. The SMILES string of the molecule is Cc1ccc(CNC(=O)[C@@H](C)OC(=O)c2ccc(OC(F)F)cc2)cc1. The Morgan fingerprint density at radius 3 is 2.23 bits per heavy atom. The van der Waals surface area contributed by atoms with Crippen molar-refractivity contribution in [2.75, 3.05) is 0 Å². The van der Waals surface area contributed by atoms with Crippen molar-refractivity contribution in [3.05, 3.63) is 65.2 Å². The number of carbonyl (C=O) groups excluding carboxylic acids is 2. The van der Waals surface area contributed by atoms with E-state index in [9.17, 15) is 18.4 Å². The van der Waals surface area contributed by atoms with Crippen molar-refractivity contribution in [1.82, 2.24) is 5.32 Å². The minimum Gasteiger partial charge on any atom is -0.449 e. The molecule has 0 aliphatic rings. The molecule has 0 unspecified atom stereocenters. The molecule has 0 spiro atoms. The van der Waals surface area contributed by atoms with Gasteiger partial charge in [-0.3, -0.25) is 4.79 Å². The second-order valence-electron chi connectivity index (χ2n) is 5.65. The second-order valence-corrected chi connectivity index (χ2v) is 5.65. The molecule has 0 aliphatic heterocycles. The van der Waals surface area contributed by atoms with Gasteiger partial charge in [0.2, 0.25) is 0 Å². The van der Waals surface area contributed by atoms with E-state index in [2.05, 4.69) is 10.1 Å². The second kappa shape index (κ2) is 8.94. The van der Waals surface area contributed by atoms with E-state index in [0.29, 0.717) is 6.54 Å². The van der Waals surface area contributed by atoms with Crippen molar-refractivity contribution in [2.24, 2.45) is 0 Å². The fraction of sp³-hybridized carbons (Fsp3) is 0.263. The average Bonchev–Trinajstić information content (AvgIpc) is 2.61. The number of ether oxygens (including phenoxy) is 2. The first-order valence-corrected chi connectivity index (χ1v) is 7.94. The molecular weight excluding hydrogens is 344 g/mol. The van der Waals surface area contributed by atoms with Crippen LogP contribution in [-0.2, 0) is 16.1 Å². The molecule has 26 heavy (non-hydrogen) atoms. The molecule has 2 rings (SSSR count). The van der Waals surface area contributed by atoms with Gasteiger partial charge in [0.1, 0.15) is 5.75 Å². The summed E-state index contributed by atoms with van der Waals surface area (Å²) in [5.41, 5.74) is 2.18. The van der Waals surface area contributed by atoms with E-state index in [0.717, 1.165) is 11.1 Å². The molecular formula is C19H19F2NO4. The topological polar surface area (TPSA) is 64.6 Å². The molecule has 0 fully saturated rings. The van der Waals surface area contributed by atoms with E-state index in [-0.39, 0.29) is 11.3 Å². The quantitative estimate of drug-likeness (QED) is 0.765. The summed E-state index contributed by atoms with van der Waals surface area (Å²) in [6.07, 6.45) is -0.995. The summed E-state index contributed by atoms with van der Waals surface area (Å²) in [6.45, 7) is 0.804. The molecule has 0 bridgehead atoms. The van der Waals surface area contributed by atoms with Gasteiger partial charge in [0, 0.05) is 6.54 Å². The van der Waals surface area contributed by atoms with Crippen LogP contribution in [0, 0.1) is 6.92 Å². The minimum absolute atomic E-state index is 0.0690. The summed E-state index contributed by atoms with van der Waals surface area (Å²) >= 11 is 0. The molecule has 0 aromatic heterocycles. The first-order chi connectivity index (χ1) is 12.3. The molecule has 1 N–H and O–H groups in total. The van der Waals surface area contributed by atoms with Crippen LogP contribution >= 0.6 is 0 Å². The summed E-state index contributed by atoms with van der Waals surface area (Å²) < 4.78 is 33.5. The van der Waals surface area contributed by atoms with Crippen LogP contribution in [0.25, 0.3) is 0 Å². The van der Waals surface area contributed by atoms with Gasteiger partial charge >= 0.3 is 12.6 Å². The van der Waals surface area contributed by atoms with E-state index in [4.69, 9.17) is 4.74 Å². The molecule has 138 valence electrons. The number of hydrogen-bond acceptors (Lipinski definition) is 4. The smallest absolute Gasteiger partial charge is 0.387 e. The molecule has 0 saturated heterocycles. The average molecular weight is 363 g/mol. The summed E-state index contributed by atoms with van der Waals surface area (Å²) in [5.74, 6) is -1.23. The van der Waals surface area contributed by atoms with Gasteiger partial charge in [-0.1, -0.05) is 29.8 Å². The highest BCUT2D eigenvalue weighted by molar-refractivity contribution is 5.92. The number of aryl methyl sites for hydroxylation is 1. The number of benzene rings is 2. The summed E-state index contributed by atoms with van der Waals surface area (Å²) in [5, 5.41) is 2.69. The Balaban J connectivity index is 1.85. The Bertz CT molecular complexity index is 745. The lowest BCUT2D eigenvalue weighted by molar-refractivity contribution is -0.129. The van der Waals surface area contributed by atoms with Crippen molar-refractivity contribution < 1.29 is 27.8 Å². The van der Waals surface area contributed by atoms with Crippen LogP contribution in [0.2, 0.25) is 0 Å². The number of hydrogen-bond donors (Lipinski definition) is 1. The fourth-order valence-corrected chi connectivity index (χ4v) is 2.09. The maximum Gasteiger partial charge on any atom is 0.387 e. The Morgan fingerprint density at radius 2 is 1.65 bits per heavy atom. The molecule has 5 nitrogen and oxygen atoms in total. The van der Waals surface area contributed by atoms with Crippen LogP contribution in [0.1, 0.15) is 28.4 Å². The van der Waals surface area contributed by atoms with Crippen LogP contribution in [0.15, 0.2) is 48.5 Å². The number of amides is 1. The van der Waals surface area contributed by atoms with E-state index in [1.165, 1.54) is 31.2 Å². The first-order valence-electron chi connectivity index (χ1n) is 7.94. The molecule has 7 heteroatoms. The zero-order valence-electron chi connectivity index (χ0n) is 14.4. The summed E-state index contributed by atoms with van der Waals surface area (Å²) in [4.78, 5) is 24.0.